The molecular formula is C44H80NO8P. The maximum absolute atomic E-state index is 12.6. The Labute approximate surface area is 331 Å². The molecule has 2 atom stereocenters. The number of hydrogen-bond acceptors (Lipinski definition) is 8. The molecule has 10 heteroatoms. The first-order valence-corrected chi connectivity index (χ1v) is 22.8. The minimum Gasteiger partial charge on any atom is -0.756 e. The zero-order chi connectivity index (χ0) is 40.0. The average Bonchev–Trinajstić information content (AvgIpc) is 3.12. The van der Waals surface area contributed by atoms with Crippen LogP contribution in [0.2, 0.25) is 0 Å². The summed E-state index contributed by atoms with van der Waals surface area (Å²) >= 11 is 0. The molecular weight excluding hydrogens is 701 g/mol. The Balaban J connectivity index is 4.47. The van der Waals surface area contributed by atoms with Crippen LogP contribution in [0.4, 0.5) is 0 Å². The molecule has 0 bridgehead atoms. The van der Waals surface area contributed by atoms with Crippen molar-refractivity contribution >= 4 is 19.8 Å². The number of quaternary nitrogens is 1. The summed E-state index contributed by atoms with van der Waals surface area (Å²) in [5, 5.41) is 0. The fourth-order valence-corrected chi connectivity index (χ4v) is 6.20. The number of likely N-dealkylation sites (N-methyl/N-ethyl adjacent to an activating group) is 1. The Morgan fingerprint density at radius 3 is 1.54 bits per heavy atom. The van der Waals surface area contributed by atoms with E-state index < -0.39 is 32.5 Å². The Morgan fingerprint density at radius 2 is 1.02 bits per heavy atom. The lowest BCUT2D eigenvalue weighted by atomic mass is 10.0. The van der Waals surface area contributed by atoms with Gasteiger partial charge in [0.15, 0.2) is 6.10 Å². The average molecular weight is 782 g/mol. The van der Waals surface area contributed by atoms with E-state index in [2.05, 4.69) is 62.5 Å². The molecule has 0 aromatic carbocycles. The zero-order valence-electron chi connectivity index (χ0n) is 35.2. The lowest BCUT2D eigenvalue weighted by molar-refractivity contribution is -0.870. The van der Waals surface area contributed by atoms with Crippen LogP contribution < -0.4 is 4.89 Å². The van der Waals surface area contributed by atoms with E-state index in [0.29, 0.717) is 23.9 Å². The summed E-state index contributed by atoms with van der Waals surface area (Å²) in [4.78, 5) is 37.4. The van der Waals surface area contributed by atoms with Crippen molar-refractivity contribution in [2.24, 2.45) is 0 Å². The molecule has 0 spiro atoms. The predicted octanol–water partition coefficient (Wildman–Crippen LogP) is 11.3. The standard InChI is InChI=1S/C44H80NO8P/c1-6-8-10-12-14-16-18-20-21-22-23-25-26-28-30-32-34-36-43(46)50-40-42(41-52-54(48,49)51-39-38-45(3,4)5)53-44(47)37-35-33-31-29-27-24-19-17-15-13-11-9-7-2/h14,16,20-21,23,25,28,30,42H,6-13,15,17-19,22,24,26-27,29,31-41H2,1-5H3/b16-14-,21-20-,25-23-,30-28-/t42-/m1/s1. The lowest BCUT2D eigenvalue weighted by Crippen LogP contribution is -2.37. The van der Waals surface area contributed by atoms with Crippen molar-refractivity contribution in [2.75, 3.05) is 47.5 Å². The van der Waals surface area contributed by atoms with E-state index in [1.807, 2.05) is 21.1 Å². The van der Waals surface area contributed by atoms with Gasteiger partial charge >= 0.3 is 11.9 Å². The topological polar surface area (TPSA) is 111 Å². The van der Waals surface area contributed by atoms with Gasteiger partial charge in [0, 0.05) is 12.8 Å². The molecule has 0 aliphatic heterocycles. The fraction of sp³-hybridized carbons (Fsp3) is 0.773. The third kappa shape index (κ3) is 39.7. The van der Waals surface area contributed by atoms with Crippen molar-refractivity contribution in [1.29, 1.82) is 0 Å². The summed E-state index contributed by atoms with van der Waals surface area (Å²) < 4.78 is 33.8. The molecule has 1 unspecified atom stereocenters. The summed E-state index contributed by atoms with van der Waals surface area (Å²) in [5.74, 6) is -0.900. The van der Waals surface area contributed by atoms with E-state index in [0.717, 1.165) is 44.9 Å². The highest BCUT2D eigenvalue weighted by Crippen LogP contribution is 2.38. The van der Waals surface area contributed by atoms with Crippen LogP contribution in [0.3, 0.4) is 0 Å². The van der Waals surface area contributed by atoms with Crippen molar-refractivity contribution in [3.63, 3.8) is 0 Å². The summed E-state index contributed by atoms with van der Waals surface area (Å²) in [6.45, 7) is 4.13. The van der Waals surface area contributed by atoms with Crippen molar-refractivity contribution in [3.05, 3.63) is 48.6 Å². The molecule has 0 saturated carbocycles. The third-order valence-electron chi connectivity index (χ3n) is 8.85. The maximum Gasteiger partial charge on any atom is 0.306 e. The zero-order valence-corrected chi connectivity index (χ0v) is 36.0. The minimum absolute atomic E-state index is 0.0395. The molecule has 9 nitrogen and oxygen atoms in total. The second-order valence-corrected chi connectivity index (χ2v) is 16.8. The molecule has 0 N–H and O–H groups in total. The smallest absolute Gasteiger partial charge is 0.306 e. The Kier molecular flexibility index (Phi) is 35.2. The minimum atomic E-state index is -4.63. The number of unbranched alkanes of at least 4 members (excludes halogenated alkanes) is 16. The number of phosphoric acid groups is 1. The first-order valence-electron chi connectivity index (χ1n) is 21.3. The quantitative estimate of drug-likeness (QED) is 0.0200. The molecule has 0 aliphatic carbocycles. The number of esters is 2. The van der Waals surface area contributed by atoms with Crippen LogP contribution in [-0.4, -0.2) is 70.0 Å². The van der Waals surface area contributed by atoms with Gasteiger partial charge in [-0.1, -0.05) is 152 Å². The number of nitrogens with zero attached hydrogens (tertiary/aromatic N) is 1. The van der Waals surface area contributed by atoms with E-state index in [4.69, 9.17) is 18.5 Å². The molecule has 0 rings (SSSR count). The summed E-state index contributed by atoms with van der Waals surface area (Å²) in [7, 11) is 1.13. The monoisotopic (exact) mass is 782 g/mol. The number of allylic oxidation sites excluding steroid dienone is 8. The van der Waals surface area contributed by atoms with Crippen LogP contribution in [0, 0.1) is 0 Å². The second kappa shape index (κ2) is 36.6. The highest BCUT2D eigenvalue weighted by molar-refractivity contribution is 7.45. The summed E-state index contributed by atoms with van der Waals surface area (Å²) in [5.41, 5.74) is 0. The van der Waals surface area contributed by atoms with Gasteiger partial charge in [-0.3, -0.25) is 14.2 Å². The number of carbonyl (C=O) groups excluding carboxylic acids is 2. The third-order valence-corrected chi connectivity index (χ3v) is 9.82. The fourth-order valence-electron chi connectivity index (χ4n) is 5.47. The molecule has 0 fully saturated rings. The lowest BCUT2D eigenvalue weighted by Gasteiger charge is -2.28. The number of ether oxygens (including phenoxy) is 2. The number of carbonyl (C=O) groups is 2. The van der Waals surface area contributed by atoms with Crippen LogP contribution in [0.5, 0.6) is 0 Å². The van der Waals surface area contributed by atoms with Crippen molar-refractivity contribution in [3.8, 4) is 0 Å². The molecule has 314 valence electrons. The van der Waals surface area contributed by atoms with Crippen LogP contribution in [-0.2, 0) is 32.7 Å². The van der Waals surface area contributed by atoms with Gasteiger partial charge in [-0.05, 0) is 51.4 Å². The summed E-state index contributed by atoms with van der Waals surface area (Å²) in [6, 6.07) is 0. The van der Waals surface area contributed by atoms with E-state index in [-0.39, 0.29) is 26.1 Å². The normalized spacial score (nSPS) is 14.1. The van der Waals surface area contributed by atoms with Gasteiger partial charge in [0.25, 0.3) is 7.82 Å². The first-order chi connectivity index (χ1) is 26.0. The van der Waals surface area contributed by atoms with E-state index in [9.17, 15) is 19.0 Å². The largest absolute Gasteiger partial charge is 0.756 e. The van der Waals surface area contributed by atoms with Gasteiger partial charge in [-0.15, -0.1) is 0 Å². The molecule has 0 aromatic rings. The molecule has 54 heavy (non-hydrogen) atoms. The van der Waals surface area contributed by atoms with Gasteiger partial charge in [0.2, 0.25) is 0 Å². The molecule has 0 amide bonds. The van der Waals surface area contributed by atoms with Gasteiger partial charge < -0.3 is 27.9 Å². The number of rotatable bonds is 38. The van der Waals surface area contributed by atoms with E-state index in [1.54, 1.807) is 0 Å². The molecule has 0 radical (unpaired) electrons. The van der Waals surface area contributed by atoms with Crippen LogP contribution in [0.25, 0.3) is 0 Å². The SMILES string of the molecule is CCCCC/C=C\C/C=C\C/C=C\C/C=C\CCCC(=O)OC[C@H](COP(=O)([O-])OCC[N+](C)(C)C)OC(=O)CCCCCCCCCCCCCCC. The maximum atomic E-state index is 12.6. The molecule has 0 saturated heterocycles. The Morgan fingerprint density at radius 1 is 0.574 bits per heavy atom. The van der Waals surface area contributed by atoms with Crippen molar-refractivity contribution in [1.82, 2.24) is 0 Å². The Bertz CT molecular complexity index is 1070. The van der Waals surface area contributed by atoms with Crippen LogP contribution in [0.1, 0.15) is 168 Å². The Hall–Kier alpha value is -2.03. The van der Waals surface area contributed by atoms with Crippen molar-refractivity contribution < 1.29 is 42.1 Å². The molecule has 0 aromatic heterocycles. The van der Waals surface area contributed by atoms with Gasteiger partial charge in [-0.25, -0.2) is 0 Å². The van der Waals surface area contributed by atoms with E-state index >= 15 is 0 Å². The predicted molar refractivity (Wildman–Crippen MR) is 222 cm³/mol. The highest BCUT2D eigenvalue weighted by atomic mass is 31.2. The second-order valence-electron chi connectivity index (χ2n) is 15.4. The highest BCUT2D eigenvalue weighted by Gasteiger charge is 2.21. The first kappa shape index (κ1) is 52.0. The summed E-state index contributed by atoms with van der Waals surface area (Å²) in [6.07, 6.45) is 41.4. The molecule has 0 aliphatic rings. The van der Waals surface area contributed by atoms with E-state index in [1.165, 1.54) is 83.5 Å². The van der Waals surface area contributed by atoms with Gasteiger partial charge in [0.05, 0.1) is 27.7 Å². The molecule has 0 heterocycles. The van der Waals surface area contributed by atoms with Crippen LogP contribution >= 0.6 is 7.82 Å². The van der Waals surface area contributed by atoms with Crippen LogP contribution in [0.15, 0.2) is 48.6 Å². The number of hydrogen-bond donors (Lipinski definition) is 0. The van der Waals surface area contributed by atoms with Gasteiger partial charge in [0.1, 0.15) is 19.8 Å². The number of phosphoric ester groups is 1. The van der Waals surface area contributed by atoms with Gasteiger partial charge in [-0.2, -0.15) is 0 Å². The van der Waals surface area contributed by atoms with Crippen molar-refractivity contribution in [2.45, 2.75) is 174 Å².